The van der Waals surface area contributed by atoms with Gasteiger partial charge in [-0.15, -0.1) is 0 Å². The fraction of sp³-hybridized carbons (Fsp3) is 0.0213. The Morgan fingerprint density at radius 2 is 0.941 bits per heavy atom. The van der Waals surface area contributed by atoms with Gasteiger partial charge in [-0.3, -0.25) is 4.98 Å². The summed E-state index contributed by atoms with van der Waals surface area (Å²) in [6.45, 7) is 0. The fourth-order valence-electron chi connectivity index (χ4n) is 8.01. The van der Waals surface area contributed by atoms with Crippen molar-refractivity contribution in [2.24, 2.45) is 0 Å². The van der Waals surface area contributed by atoms with Crippen LogP contribution in [-0.2, 0) is 5.41 Å². The van der Waals surface area contributed by atoms with E-state index in [0.29, 0.717) is 17.5 Å². The third-order valence-electron chi connectivity index (χ3n) is 10.3. The number of pyridine rings is 1. The molecule has 10 rings (SSSR count). The van der Waals surface area contributed by atoms with Crippen molar-refractivity contribution < 1.29 is 0 Å². The van der Waals surface area contributed by atoms with E-state index in [0.717, 1.165) is 32.8 Å². The Morgan fingerprint density at radius 3 is 1.78 bits per heavy atom. The minimum Gasteiger partial charge on any atom is -0.265 e. The summed E-state index contributed by atoms with van der Waals surface area (Å²) in [5.74, 6) is 1.93. The Morgan fingerprint density at radius 1 is 0.353 bits per heavy atom. The van der Waals surface area contributed by atoms with Crippen molar-refractivity contribution in [2.45, 2.75) is 5.41 Å². The van der Waals surface area contributed by atoms with Gasteiger partial charge in [0, 0.05) is 29.1 Å². The number of hydrogen-bond donors (Lipinski definition) is 0. The Balaban J connectivity index is 1.22. The Bertz CT molecular complexity index is 2710. The molecule has 2 heterocycles. The molecule has 1 aliphatic rings. The SMILES string of the molecule is c1ccc(C2(c3ccncc3)c3ccccc3-c3cc(-c4nc(-c5ccc6ccccc6c5)nc(-c5cccc6ccccc56)n4)ccc32)cc1. The topological polar surface area (TPSA) is 51.6 Å². The normalized spacial score (nSPS) is 14.7. The second-order valence-corrected chi connectivity index (χ2v) is 13.1. The number of nitrogens with zero attached hydrogens (tertiary/aromatic N) is 4. The number of aromatic nitrogens is 4. The molecule has 1 aliphatic carbocycles. The van der Waals surface area contributed by atoms with E-state index >= 15 is 0 Å². The van der Waals surface area contributed by atoms with Gasteiger partial charge in [0.25, 0.3) is 0 Å². The van der Waals surface area contributed by atoms with Gasteiger partial charge in [-0.2, -0.15) is 0 Å². The van der Waals surface area contributed by atoms with E-state index < -0.39 is 5.41 Å². The molecule has 0 N–H and O–H groups in total. The third-order valence-corrected chi connectivity index (χ3v) is 10.3. The van der Waals surface area contributed by atoms with Crippen LogP contribution in [-0.4, -0.2) is 19.9 Å². The van der Waals surface area contributed by atoms with Gasteiger partial charge in [0.2, 0.25) is 0 Å². The van der Waals surface area contributed by atoms with E-state index in [4.69, 9.17) is 15.0 Å². The lowest BCUT2D eigenvalue weighted by Gasteiger charge is -2.33. The van der Waals surface area contributed by atoms with Gasteiger partial charge in [-0.1, -0.05) is 146 Å². The van der Waals surface area contributed by atoms with E-state index in [1.54, 1.807) is 0 Å². The molecular formula is C47H30N4. The van der Waals surface area contributed by atoms with Gasteiger partial charge in [-0.25, -0.2) is 15.0 Å². The van der Waals surface area contributed by atoms with Crippen molar-refractivity contribution in [1.82, 2.24) is 19.9 Å². The number of hydrogen-bond acceptors (Lipinski definition) is 4. The molecule has 0 aliphatic heterocycles. The molecule has 0 bridgehead atoms. The zero-order valence-corrected chi connectivity index (χ0v) is 27.6. The number of fused-ring (bicyclic) bond motifs is 5. The summed E-state index contributed by atoms with van der Waals surface area (Å²) < 4.78 is 0. The minimum absolute atomic E-state index is 0.502. The average molecular weight is 651 g/mol. The summed E-state index contributed by atoms with van der Waals surface area (Å²) in [5.41, 5.74) is 9.60. The predicted molar refractivity (Wildman–Crippen MR) is 206 cm³/mol. The van der Waals surface area contributed by atoms with E-state index in [-0.39, 0.29) is 0 Å². The lowest BCUT2D eigenvalue weighted by Crippen LogP contribution is -2.28. The largest absolute Gasteiger partial charge is 0.265 e. The molecule has 0 saturated heterocycles. The summed E-state index contributed by atoms with van der Waals surface area (Å²) in [6.07, 6.45) is 3.78. The van der Waals surface area contributed by atoms with Crippen LogP contribution in [0, 0.1) is 0 Å². The highest BCUT2D eigenvalue weighted by molar-refractivity contribution is 5.96. The van der Waals surface area contributed by atoms with Crippen LogP contribution in [0.1, 0.15) is 22.3 Å². The lowest BCUT2D eigenvalue weighted by atomic mass is 9.68. The molecule has 0 saturated carbocycles. The van der Waals surface area contributed by atoms with Gasteiger partial charge in [0.1, 0.15) is 0 Å². The summed E-state index contributed by atoms with van der Waals surface area (Å²) in [4.78, 5) is 19.9. The van der Waals surface area contributed by atoms with Crippen molar-refractivity contribution in [1.29, 1.82) is 0 Å². The number of rotatable bonds is 5. The van der Waals surface area contributed by atoms with Crippen molar-refractivity contribution in [3.63, 3.8) is 0 Å². The maximum atomic E-state index is 5.22. The van der Waals surface area contributed by atoms with Crippen LogP contribution in [0.25, 0.3) is 66.8 Å². The van der Waals surface area contributed by atoms with Crippen LogP contribution in [0.15, 0.2) is 182 Å². The van der Waals surface area contributed by atoms with Crippen LogP contribution in [0.3, 0.4) is 0 Å². The molecular weight excluding hydrogens is 621 g/mol. The molecule has 238 valence electrons. The first-order valence-corrected chi connectivity index (χ1v) is 17.2. The van der Waals surface area contributed by atoms with Crippen LogP contribution in [0.4, 0.5) is 0 Å². The molecule has 4 heteroatoms. The molecule has 0 fully saturated rings. The first kappa shape index (κ1) is 29.2. The monoisotopic (exact) mass is 650 g/mol. The molecule has 2 aromatic heterocycles. The average Bonchev–Trinajstić information content (AvgIpc) is 3.51. The van der Waals surface area contributed by atoms with Crippen molar-refractivity contribution >= 4 is 21.5 Å². The lowest BCUT2D eigenvalue weighted by molar-refractivity contribution is 0.766. The first-order chi connectivity index (χ1) is 25.3. The number of benzene rings is 7. The molecule has 0 radical (unpaired) electrons. The predicted octanol–water partition coefficient (Wildman–Crippen LogP) is 10.9. The molecule has 1 atom stereocenters. The van der Waals surface area contributed by atoms with Crippen LogP contribution >= 0.6 is 0 Å². The third kappa shape index (κ3) is 4.61. The summed E-state index contributed by atoms with van der Waals surface area (Å²) in [5, 5.41) is 4.57. The smallest absolute Gasteiger partial charge is 0.164 e. The molecule has 1 unspecified atom stereocenters. The van der Waals surface area contributed by atoms with Gasteiger partial charge in [0.15, 0.2) is 17.5 Å². The highest BCUT2D eigenvalue weighted by Crippen LogP contribution is 2.56. The maximum Gasteiger partial charge on any atom is 0.164 e. The van der Waals surface area contributed by atoms with Crippen LogP contribution in [0.2, 0.25) is 0 Å². The van der Waals surface area contributed by atoms with Gasteiger partial charge in [0.05, 0.1) is 5.41 Å². The molecule has 0 amide bonds. The highest BCUT2D eigenvalue weighted by atomic mass is 15.0. The van der Waals surface area contributed by atoms with E-state index in [9.17, 15) is 0 Å². The summed E-state index contributed by atoms with van der Waals surface area (Å²) in [7, 11) is 0. The Hall–Kier alpha value is -6.78. The molecule has 7 aromatic carbocycles. The highest BCUT2D eigenvalue weighted by Gasteiger charge is 2.46. The van der Waals surface area contributed by atoms with Gasteiger partial charge in [-0.05, 0) is 79.2 Å². The zero-order chi connectivity index (χ0) is 33.8. The summed E-state index contributed by atoms with van der Waals surface area (Å²) >= 11 is 0. The molecule has 4 nitrogen and oxygen atoms in total. The molecule has 51 heavy (non-hydrogen) atoms. The van der Waals surface area contributed by atoms with Crippen LogP contribution < -0.4 is 0 Å². The van der Waals surface area contributed by atoms with E-state index in [1.807, 2.05) is 12.4 Å². The van der Waals surface area contributed by atoms with Crippen molar-refractivity contribution in [3.8, 4) is 45.3 Å². The fourth-order valence-corrected chi connectivity index (χ4v) is 8.01. The zero-order valence-electron chi connectivity index (χ0n) is 27.6. The standard InChI is InChI=1S/C47H30N4/c1-2-15-36(16-3-1)47(37-25-27-48-28-26-37)42-20-9-8-18-39(42)41-30-35(23-24-43(41)47)45-49-44(34-22-21-31-11-4-5-13-33(31)29-34)50-46(51-45)40-19-10-14-32-12-6-7-17-38(32)40/h1-30H. The van der Waals surface area contributed by atoms with E-state index in [1.165, 1.54) is 38.8 Å². The van der Waals surface area contributed by atoms with Crippen LogP contribution in [0.5, 0.6) is 0 Å². The molecule has 0 spiro atoms. The van der Waals surface area contributed by atoms with E-state index in [2.05, 4.69) is 175 Å². The van der Waals surface area contributed by atoms with Gasteiger partial charge >= 0.3 is 0 Å². The quantitative estimate of drug-likeness (QED) is 0.186. The maximum absolute atomic E-state index is 5.22. The summed E-state index contributed by atoms with van der Waals surface area (Å²) in [6, 6.07) is 60.1. The first-order valence-electron chi connectivity index (χ1n) is 17.2. The van der Waals surface area contributed by atoms with Crippen molar-refractivity contribution in [3.05, 3.63) is 205 Å². The minimum atomic E-state index is -0.502. The van der Waals surface area contributed by atoms with Crippen molar-refractivity contribution in [2.75, 3.05) is 0 Å². The second kappa shape index (κ2) is 11.7. The van der Waals surface area contributed by atoms with Gasteiger partial charge < -0.3 is 0 Å². The second-order valence-electron chi connectivity index (χ2n) is 13.1. The Kier molecular flexibility index (Phi) is 6.68. The molecule has 9 aromatic rings. The Labute approximate surface area is 295 Å².